The molecule has 0 radical (unpaired) electrons. The van der Waals surface area contributed by atoms with Gasteiger partial charge in [-0.1, -0.05) is 19.0 Å². The molecule has 0 fully saturated rings. The smallest absolute Gasteiger partial charge is 0.265 e. The third-order valence-electron chi connectivity index (χ3n) is 2.75. The molecule has 108 valence electrons. The minimum Gasteiger partial charge on any atom is -0.336 e. The Hall–Kier alpha value is -1.96. The van der Waals surface area contributed by atoms with Gasteiger partial charge in [-0.15, -0.1) is 0 Å². The highest BCUT2D eigenvalue weighted by Crippen LogP contribution is 2.25. The molecule has 1 amide bonds. The first-order valence-corrected chi connectivity index (χ1v) is 7.87. The second kappa shape index (κ2) is 4.86. The lowest BCUT2D eigenvalue weighted by Crippen LogP contribution is -2.29. The summed E-state index contributed by atoms with van der Waals surface area (Å²) in [5.74, 6) is -0.650. The molecular formula is C12H15N3O4S. The van der Waals surface area contributed by atoms with Gasteiger partial charge in [-0.25, -0.2) is 18.1 Å². The zero-order valence-corrected chi connectivity index (χ0v) is 12.4. The van der Waals surface area contributed by atoms with Crippen LogP contribution in [0.5, 0.6) is 0 Å². The van der Waals surface area contributed by atoms with Gasteiger partial charge in [-0.3, -0.25) is 4.79 Å². The summed E-state index contributed by atoms with van der Waals surface area (Å²) >= 11 is 0. The van der Waals surface area contributed by atoms with Crippen LogP contribution in [0.4, 0.5) is 0 Å². The van der Waals surface area contributed by atoms with Gasteiger partial charge >= 0.3 is 0 Å². The van der Waals surface area contributed by atoms with E-state index in [-0.39, 0.29) is 17.2 Å². The van der Waals surface area contributed by atoms with Crippen molar-refractivity contribution in [3.8, 4) is 0 Å². The van der Waals surface area contributed by atoms with Crippen molar-refractivity contribution in [3.05, 3.63) is 23.0 Å². The van der Waals surface area contributed by atoms with Crippen molar-refractivity contribution in [2.45, 2.75) is 26.7 Å². The second-order valence-electron chi connectivity index (χ2n) is 4.90. The summed E-state index contributed by atoms with van der Waals surface area (Å²) in [7, 11) is -3.64. The largest absolute Gasteiger partial charge is 0.336 e. The van der Waals surface area contributed by atoms with Crippen LogP contribution in [0, 0.1) is 6.92 Å². The second-order valence-corrected chi connectivity index (χ2v) is 6.65. The molecule has 2 heterocycles. The highest BCUT2D eigenvalue weighted by molar-refractivity contribution is 7.89. The average Bonchev–Trinajstić information content (AvgIpc) is 2.68. The predicted molar refractivity (Wildman–Crippen MR) is 72.9 cm³/mol. The number of rotatable bonds is 3. The van der Waals surface area contributed by atoms with E-state index in [1.165, 1.54) is 0 Å². The van der Waals surface area contributed by atoms with E-state index in [1.807, 2.05) is 18.6 Å². The third kappa shape index (κ3) is 2.79. The van der Waals surface area contributed by atoms with E-state index < -0.39 is 15.9 Å². The van der Waals surface area contributed by atoms with Gasteiger partial charge in [0.1, 0.15) is 0 Å². The molecule has 0 aliphatic carbocycles. The van der Waals surface area contributed by atoms with Crippen molar-refractivity contribution in [2.75, 3.05) is 6.26 Å². The van der Waals surface area contributed by atoms with Crippen molar-refractivity contribution >= 4 is 27.0 Å². The van der Waals surface area contributed by atoms with Crippen LogP contribution in [0.15, 0.2) is 10.6 Å². The zero-order chi connectivity index (χ0) is 15.1. The molecule has 2 rings (SSSR count). The highest BCUT2D eigenvalue weighted by atomic mass is 32.2. The number of nitrogens with zero attached hydrogens (tertiary/aromatic N) is 2. The maximum atomic E-state index is 12.1. The first-order valence-electron chi connectivity index (χ1n) is 5.98. The van der Waals surface area contributed by atoms with E-state index in [1.54, 1.807) is 13.0 Å². The molecule has 2 aromatic rings. The molecule has 7 nitrogen and oxygen atoms in total. The Morgan fingerprint density at radius 3 is 2.60 bits per heavy atom. The minimum absolute atomic E-state index is 0.0644. The number of carbonyl (C=O) groups excluding carboxylic acids is 1. The molecule has 8 heteroatoms. The summed E-state index contributed by atoms with van der Waals surface area (Å²) in [5, 5.41) is 4.20. The molecule has 0 bridgehead atoms. The fraction of sp³-hybridized carbons (Fsp3) is 0.417. The SMILES string of the molecule is Cc1noc2nc(C(C)C)cc(C(=O)NS(C)(=O)=O)c12. The zero-order valence-electron chi connectivity index (χ0n) is 11.6. The quantitative estimate of drug-likeness (QED) is 0.917. The molecule has 0 atom stereocenters. The fourth-order valence-corrected chi connectivity index (χ4v) is 2.26. The number of aryl methyl sites for hydroxylation is 1. The molecule has 0 saturated heterocycles. The molecule has 1 N–H and O–H groups in total. The van der Waals surface area contributed by atoms with Gasteiger partial charge in [0.05, 0.1) is 22.9 Å². The first kappa shape index (κ1) is 14.4. The van der Waals surface area contributed by atoms with E-state index in [0.717, 1.165) is 6.26 Å². The van der Waals surface area contributed by atoms with Gasteiger partial charge in [-0.05, 0) is 18.9 Å². The minimum atomic E-state index is -3.64. The molecule has 0 aliphatic rings. The summed E-state index contributed by atoms with van der Waals surface area (Å²) in [6.07, 6.45) is 0.924. The molecule has 0 aliphatic heterocycles. The summed E-state index contributed by atoms with van der Waals surface area (Å²) in [6.45, 7) is 5.49. The summed E-state index contributed by atoms with van der Waals surface area (Å²) in [4.78, 5) is 16.4. The van der Waals surface area contributed by atoms with Gasteiger partial charge in [0, 0.05) is 5.69 Å². The van der Waals surface area contributed by atoms with Gasteiger partial charge in [0.25, 0.3) is 11.6 Å². The number of carbonyl (C=O) groups is 1. The van der Waals surface area contributed by atoms with E-state index in [9.17, 15) is 13.2 Å². The molecule has 0 aromatic carbocycles. The average molecular weight is 297 g/mol. The van der Waals surface area contributed by atoms with Crippen molar-refractivity contribution in [1.29, 1.82) is 0 Å². The number of amides is 1. The van der Waals surface area contributed by atoms with Crippen LogP contribution >= 0.6 is 0 Å². The standard InChI is InChI=1S/C12H15N3O4S/c1-6(2)9-5-8(11(16)15-20(4,17)18)10-7(3)14-19-12(10)13-9/h5-6H,1-4H3,(H,15,16). The number of hydrogen-bond acceptors (Lipinski definition) is 6. The Morgan fingerprint density at radius 2 is 2.05 bits per heavy atom. The van der Waals surface area contributed by atoms with E-state index >= 15 is 0 Å². The molecular weight excluding hydrogens is 282 g/mol. The highest BCUT2D eigenvalue weighted by Gasteiger charge is 2.21. The first-order chi connectivity index (χ1) is 9.19. The molecule has 0 saturated carbocycles. The van der Waals surface area contributed by atoms with Gasteiger partial charge in [0.15, 0.2) is 0 Å². The van der Waals surface area contributed by atoms with Crippen molar-refractivity contribution in [1.82, 2.24) is 14.9 Å². The van der Waals surface area contributed by atoms with Crippen LogP contribution in [0.2, 0.25) is 0 Å². The van der Waals surface area contributed by atoms with Crippen LogP contribution in [-0.2, 0) is 10.0 Å². The molecule has 0 unspecified atom stereocenters. The van der Waals surface area contributed by atoms with E-state index in [0.29, 0.717) is 16.8 Å². The van der Waals surface area contributed by atoms with E-state index in [2.05, 4.69) is 10.1 Å². The van der Waals surface area contributed by atoms with Crippen molar-refractivity contribution < 1.29 is 17.7 Å². The van der Waals surface area contributed by atoms with Crippen LogP contribution in [-0.4, -0.2) is 30.7 Å². The molecule has 20 heavy (non-hydrogen) atoms. The van der Waals surface area contributed by atoms with Crippen LogP contribution in [0.3, 0.4) is 0 Å². The number of aromatic nitrogens is 2. The predicted octanol–water partition coefficient (Wildman–Crippen LogP) is 1.34. The van der Waals surface area contributed by atoms with Gasteiger partial charge < -0.3 is 4.52 Å². The number of hydrogen-bond donors (Lipinski definition) is 1. The van der Waals surface area contributed by atoms with Crippen LogP contribution < -0.4 is 4.72 Å². The number of sulfonamides is 1. The van der Waals surface area contributed by atoms with Crippen molar-refractivity contribution in [2.24, 2.45) is 0 Å². The number of pyridine rings is 1. The van der Waals surface area contributed by atoms with Crippen LogP contribution in [0.1, 0.15) is 41.5 Å². The Kier molecular flexibility index (Phi) is 3.51. The monoisotopic (exact) mass is 297 g/mol. The topological polar surface area (TPSA) is 102 Å². The normalized spacial score (nSPS) is 12.1. The Morgan fingerprint density at radius 1 is 1.40 bits per heavy atom. The number of fused-ring (bicyclic) bond motifs is 1. The summed E-state index contributed by atoms with van der Waals surface area (Å²) in [5.41, 5.74) is 1.55. The van der Waals surface area contributed by atoms with E-state index in [4.69, 9.17) is 4.52 Å². The lowest BCUT2D eigenvalue weighted by molar-refractivity contribution is 0.0983. The fourth-order valence-electron chi connectivity index (χ4n) is 1.81. The van der Waals surface area contributed by atoms with Crippen LogP contribution in [0.25, 0.3) is 11.1 Å². The third-order valence-corrected chi connectivity index (χ3v) is 3.31. The molecule has 0 spiro atoms. The maximum Gasteiger partial charge on any atom is 0.265 e. The lowest BCUT2D eigenvalue weighted by Gasteiger charge is -2.08. The Labute approximate surface area is 116 Å². The van der Waals surface area contributed by atoms with Gasteiger partial charge in [0.2, 0.25) is 10.0 Å². The Bertz CT molecular complexity index is 777. The summed E-state index contributed by atoms with van der Waals surface area (Å²) in [6, 6.07) is 1.57. The summed E-state index contributed by atoms with van der Waals surface area (Å²) < 4.78 is 29.4. The van der Waals surface area contributed by atoms with Crippen molar-refractivity contribution in [3.63, 3.8) is 0 Å². The van der Waals surface area contributed by atoms with Gasteiger partial charge in [-0.2, -0.15) is 0 Å². The lowest BCUT2D eigenvalue weighted by atomic mass is 10.0. The Balaban J connectivity index is 2.66. The molecule has 2 aromatic heterocycles. The maximum absolute atomic E-state index is 12.1. The number of nitrogens with one attached hydrogen (secondary N) is 1.